The maximum Gasteiger partial charge on any atom is 0.251 e. The summed E-state index contributed by atoms with van der Waals surface area (Å²) in [6.45, 7) is 0. The summed E-state index contributed by atoms with van der Waals surface area (Å²) in [6, 6.07) is 12.5. The summed E-state index contributed by atoms with van der Waals surface area (Å²) < 4.78 is 1.62. The number of nitrogens with zero attached hydrogens (tertiary/aromatic N) is 1. The molecule has 3 rings (SSSR count). The number of carbonyl (C=O) groups is 1. The van der Waals surface area contributed by atoms with E-state index < -0.39 is 6.04 Å². The molecular weight excluding hydrogens is 398 g/mol. The lowest BCUT2D eigenvalue weighted by Gasteiger charge is -2.15. The van der Waals surface area contributed by atoms with Gasteiger partial charge in [0.25, 0.3) is 5.91 Å². The van der Waals surface area contributed by atoms with Crippen LogP contribution in [0.1, 0.15) is 17.2 Å². The Bertz CT molecular complexity index is 783. The number of benzene rings is 2. The number of nitriles is 1. The van der Waals surface area contributed by atoms with Gasteiger partial charge in [-0.1, -0.05) is 22.0 Å². The average Bonchev–Trinajstić information content (AvgIpc) is 2.78. The maximum atomic E-state index is 12.2. The lowest BCUT2D eigenvalue weighted by Crippen LogP contribution is -2.20. The third kappa shape index (κ3) is 2.55. The molecule has 2 aromatic carbocycles. The first kappa shape index (κ1) is 14.1. The van der Waals surface area contributed by atoms with Crippen molar-refractivity contribution in [2.24, 2.45) is 0 Å². The molecule has 104 valence electrons. The third-order valence-corrected chi connectivity index (χ3v) is 4.61. The van der Waals surface area contributed by atoms with E-state index in [2.05, 4.69) is 48.6 Å². The standard InChI is InChI=1S/C15H9Br2N3O/c16-9-2-1-3-12-13(9)14(15(21)20-12)19-11-5-4-8(7-18)6-10(11)17/h1-6,14,19H,(H,20,21). The number of amides is 1. The minimum absolute atomic E-state index is 0.104. The van der Waals surface area contributed by atoms with E-state index in [1.165, 1.54) is 0 Å². The van der Waals surface area contributed by atoms with Crippen LogP contribution in [-0.4, -0.2) is 5.91 Å². The summed E-state index contributed by atoms with van der Waals surface area (Å²) >= 11 is 6.90. The van der Waals surface area contributed by atoms with Crippen molar-refractivity contribution in [1.82, 2.24) is 0 Å². The second-order valence-corrected chi connectivity index (χ2v) is 6.28. The van der Waals surface area contributed by atoms with Crippen molar-refractivity contribution >= 4 is 49.1 Å². The number of fused-ring (bicyclic) bond motifs is 1. The van der Waals surface area contributed by atoms with E-state index in [0.717, 1.165) is 25.9 Å². The van der Waals surface area contributed by atoms with Crippen LogP contribution in [0.25, 0.3) is 0 Å². The van der Waals surface area contributed by atoms with Crippen LogP contribution in [0, 0.1) is 11.3 Å². The summed E-state index contributed by atoms with van der Waals surface area (Å²) in [5.74, 6) is -0.104. The molecule has 1 aliphatic rings. The van der Waals surface area contributed by atoms with E-state index in [1.807, 2.05) is 18.2 Å². The van der Waals surface area contributed by atoms with Crippen LogP contribution in [0.3, 0.4) is 0 Å². The van der Waals surface area contributed by atoms with Gasteiger partial charge in [-0.3, -0.25) is 4.79 Å². The highest BCUT2D eigenvalue weighted by Gasteiger charge is 2.32. The predicted molar refractivity (Wildman–Crippen MR) is 88.0 cm³/mol. The molecule has 21 heavy (non-hydrogen) atoms. The van der Waals surface area contributed by atoms with E-state index in [1.54, 1.807) is 18.2 Å². The lowest BCUT2D eigenvalue weighted by atomic mass is 10.1. The normalized spacial score (nSPS) is 16.0. The van der Waals surface area contributed by atoms with Crippen LogP contribution in [0.15, 0.2) is 45.3 Å². The van der Waals surface area contributed by atoms with Crippen LogP contribution < -0.4 is 10.6 Å². The summed E-state index contributed by atoms with van der Waals surface area (Å²) in [5.41, 5.74) is 3.01. The summed E-state index contributed by atoms with van der Waals surface area (Å²) in [7, 11) is 0. The second kappa shape index (κ2) is 5.51. The molecule has 1 aliphatic heterocycles. The highest BCUT2D eigenvalue weighted by atomic mass is 79.9. The molecule has 1 unspecified atom stereocenters. The van der Waals surface area contributed by atoms with E-state index in [9.17, 15) is 4.79 Å². The summed E-state index contributed by atoms with van der Waals surface area (Å²) in [4.78, 5) is 12.2. The minimum Gasteiger partial charge on any atom is -0.369 e. The fourth-order valence-electron chi connectivity index (χ4n) is 2.27. The number of rotatable bonds is 2. The predicted octanol–water partition coefficient (Wildman–Crippen LogP) is 4.19. The molecule has 2 N–H and O–H groups in total. The summed E-state index contributed by atoms with van der Waals surface area (Å²) in [5, 5.41) is 14.9. The van der Waals surface area contributed by atoms with Gasteiger partial charge in [-0.25, -0.2) is 0 Å². The van der Waals surface area contributed by atoms with Crippen LogP contribution in [-0.2, 0) is 4.79 Å². The largest absolute Gasteiger partial charge is 0.369 e. The lowest BCUT2D eigenvalue weighted by molar-refractivity contribution is -0.116. The van der Waals surface area contributed by atoms with Gasteiger partial charge in [0, 0.05) is 25.9 Å². The van der Waals surface area contributed by atoms with Gasteiger partial charge in [0.1, 0.15) is 6.04 Å². The van der Waals surface area contributed by atoms with Crippen LogP contribution in [0.5, 0.6) is 0 Å². The van der Waals surface area contributed by atoms with E-state index >= 15 is 0 Å². The monoisotopic (exact) mass is 405 g/mol. The van der Waals surface area contributed by atoms with Gasteiger partial charge in [0.05, 0.1) is 11.6 Å². The fourth-order valence-corrected chi connectivity index (χ4v) is 3.36. The SMILES string of the molecule is N#Cc1ccc(NC2C(=O)Nc3cccc(Br)c32)c(Br)c1. The smallest absolute Gasteiger partial charge is 0.251 e. The molecule has 0 saturated carbocycles. The molecule has 0 spiro atoms. The number of anilines is 2. The minimum atomic E-state index is -0.472. The Kier molecular flexibility index (Phi) is 3.70. The highest BCUT2D eigenvalue weighted by molar-refractivity contribution is 9.11. The molecule has 6 heteroatoms. The molecule has 0 saturated heterocycles. The Morgan fingerprint density at radius 3 is 2.71 bits per heavy atom. The number of nitrogens with one attached hydrogen (secondary N) is 2. The van der Waals surface area contributed by atoms with Crippen LogP contribution in [0.2, 0.25) is 0 Å². The Labute approximate surface area is 138 Å². The Morgan fingerprint density at radius 1 is 1.19 bits per heavy atom. The first-order valence-electron chi connectivity index (χ1n) is 6.15. The zero-order valence-corrected chi connectivity index (χ0v) is 13.8. The Balaban J connectivity index is 1.97. The van der Waals surface area contributed by atoms with Crippen molar-refractivity contribution in [3.63, 3.8) is 0 Å². The Morgan fingerprint density at radius 2 is 2.00 bits per heavy atom. The van der Waals surface area contributed by atoms with Gasteiger partial charge in [-0.05, 0) is 46.3 Å². The molecule has 0 bridgehead atoms. The van der Waals surface area contributed by atoms with Gasteiger partial charge in [0.15, 0.2) is 0 Å². The zero-order chi connectivity index (χ0) is 15.0. The highest BCUT2D eigenvalue weighted by Crippen LogP contribution is 2.39. The van der Waals surface area contributed by atoms with Crippen LogP contribution in [0.4, 0.5) is 11.4 Å². The molecular formula is C15H9Br2N3O. The topological polar surface area (TPSA) is 64.9 Å². The first-order valence-corrected chi connectivity index (χ1v) is 7.74. The molecule has 1 atom stereocenters. The molecule has 2 aromatic rings. The molecule has 0 radical (unpaired) electrons. The van der Waals surface area contributed by atoms with Gasteiger partial charge in [-0.2, -0.15) is 5.26 Å². The van der Waals surface area contributed by atoms with Crippen molar-refractivity contribution in [1.29, 1.82) is 5.26 Å². The van der Waals surface area contributed by atoms with Gasteiger partial charge < -0.3 is 10.6 Å². The van der Waals surface area contributed by atoms with Gasteiger partial charge in [-0.15, -0.1) is 0 Å². The van der Waals surface area contributed by atoms with Crippen molar-refractivity contribution in [2.45, 2.75) is 6.04 Å². The van der Waals surface area contributed by atoms with Crippen molar-refractivity contribution in [2.75, 3.05) is 10.6 Å². The fraction of sp³-hybridized carbons (Fsp3) is 0.0667. The van der Waals surface area contributed by atoms with Crippen molar-refractivity contribution < 1.29 is 4.79 Å². The van der Waals surface area contributed by atoms with Crippen LogP contribution >= 0.6 is 31.9 Å². The molecule has 0 fully saturated rings. The molecule has 0 aromatic heterocycles. The quantitative estimate of drug-likeness (QED) is 0.785. The molecule has 1 amide bonds. The molecule has 0 aliphatic carbocycles. The number of hydrogen-bond donors (Lipinski definition) is 2. The van der Waals surface area contributed by atoms with Crippen molar-refractivity contribution in [3.8, 4) is 6.07 Å². The van der Waals surface area contributed by atoms with E-state index in [0.29, 0.717) is 5.56 Å². The van der Waals surface area contributed by atoms with Crippen molar-refractivity contribution in [3.05, 3.63) is 56.5 Å². The molecule has 1 heterocycles. The Hall–Kier alpha value is -1.84. The zero-order valence-electron chi connectivity index (χ0n) is 10.7. The maximum absolute atomic E-state index is 12.2. The average molecular weight is 407 g/mol. The second-order valence-electron chi connectivity index (χ2n) is 4.57. The number of halogens is 2. The molecule has 4 nitrogen and oxygen atoms in total. The van der Waals surface area contributed by atoms with E-state index in [-0.39, 0.29) is 5.91 Å². The van der Waals surface area contributed by atoms with Gasteiger partial charge in [0.2, 0.25) is 0 Å². The van der Waals surface area contributed by atoms with E-state index in [4.69, 9.17) is 5.26 Å². The number of hydrogen-bond acceptors (Lipinski definition) is 3. The summed E-state index contributed by atoms with van der Waals surface area (Å²) in [6.07, 6.45) is 0. The van der Waals surface area contributed by atoms with Gasteiger partial charge >= 0.3 is 0 Å². The third-order valence-electron chi connectivity index (χ3n) is 3.26. The first-order chi connectivity index (χ1) is 10.1. The number of carbonyl (C=O) groups excluding carboxylic acids is 1.